The van der Waals surface area contributed by atoms with Gasteiger partial charge in [0.25, 0.3) is 0 Å². The first-order chi connectivity index (χ1) is 11.4. The Labute approximate surface area is 142 Å². The number of rotatable bonds is 7. The molecule has 0 bridgehead atoms. The Morgan fingerprint density at radius 3 is 2.33 bits per heavy atom. The Balaban J connectivity index is 2.08. The van der Waals surface area contributed by atoms with E-state index in [1.165, 1.54) is 11.6 Å². The number of Topliss-reactive ketones (excluding diaryl/α,β-unsaturated/α-hetero) is 1. The molecule has 2 aromatic carbocycles. The standard InChI is InChI=1S/C20H24O4/c1-4-5-15-10-17(19(22)11-18(15)21)20(23)12-24-16-8-6-14(7-9-16)13(2)3/h6-11,13,21-22H,4-5,12H2,1-3H3. The Bertz CT molecular complexity index is 702. The van der Waals surface area contributed by atoms with E-state index in [9.17, 15) is 15.0 Å². The number of ether oxygens (including phenoxy) is 1. The fourth-order valence-corrected chi connectivity index (χ4v) is 2.49. The molecule has 2 aromatic rings. The number of carbonyl (C=O) groups excluding carboxylic acids is 1. The third-order valence-corrected chi connectivity index (χ3v) is 3.93. The number of phenols is 2. The average Bonchev–Trinajstić information content (AvgIpc) is 2.55. The zero-order valence-corrected chi connectivity index (χ0v) is 14.4. The van der Waals surface area contributed by atoms with Crippen LogP contribution in [0.5, 0.6) is 17.2 Å². The summed E-state index contributed by atoms with van der Waals surface area (Å²) in [5.41, 5.74) is 2.03. The molecule has 0 amide bonds. The Morgan fingerprint density at radius 2 is 1.75 bits per heavy atom. The van der Waals surface area contributed by atoms with Crippen molar-refractivity contribution in [1.29, 1.82) is 0 Å². The molecule has 0 aromatic heterocycles. The summed E-state index contributed by atoms with van der Waals surface area (Å²) in [6, 6.07) is 10.4. The van der Waals surface area contributed by atoms with E-state index in [4.69, 9.17) is 4.74 Å². The van der Waals surface area contributed by atoms with Crippen molar-refractivity contribution in [2.24, 2.45) is 0 Å². The first-order valence-electron chi connectivity index (χ1n) is 8.23. The summed E-state index contributed by atoms with van der Waals surface area (Å²) in [6.07, 6.45) is 1.48. The molecular formula is C20H24O4. The highest BCUT2D eigenvalue weighted by atomic mass is 16.5. The van der Waals surface area contributed by atoms with Gasteiger partial charge < -0.3 is 14.9 Å². The van der Waals surface area contributed by atoms with Crippen LogP contribution in [0, 0.1) is 0 Å². The van der Waals surface area contributed by atoms with Crippen molar-refractivity contribution in [2.45, 2.75) is 39.5 Å². The number of phenolic OH excluding ortho intramolecular Hbond substituents is 2. The third kappa shape index (κ3) is 4.28. The summed E-state index contributed by atoms with van der Waals surface area (Å²) in [6.45, 7) is 6.05. The van der Waals surface area contributed by atoms with Crippen LogP contribution < -0.4 is 4.74 Å². The molecule has 0 radical (unpaired) electrons. The van der Waals surface area contributed by atoms with Crippen LogP contribution in [0.1, 0.15) is 54.6 Å². The van der Waals surface area contributed by atoms with Gasteiger partial charge in [-0.15, -0.1) is 0 Å². The smallest absolute Gasteiger partial charge is 0.203 e. The van der Waals surface area contributed by atoms with E-state index in [2.05, 4.69) is 13.8 Å². The van der Waals surface area contributed by atoms with Crippen molar-refractivity contribution in [2.75, 3.05) is 6.61 Å². The van der Waals surface area contributed by atoms with Crippen molar-refractivity contribution in [1.82, 2.24) is 0 Å². The molecule has 0 aliphatic heterocycles. The minimum Gasteiger partial charge on any atom is -0.508 e. The largest absolute Gasteiger partial charge is 0.508 e. The van der Waals surface area contributed by atoms with E-state index in [1.807, 2.05) is 31.2 Å². The summed E-state index contributed by atoms with van der Waals surface area (Å²) in [5, 5.41) is 19.7. The molecule has 0 atom stereocenters. The fraction of sp³-hybridized carbons (Fsp3) is 0.350. The molecule has 0 spiro atoms. The quantitative estimate of drug-likeness (QED) is 0.738. The lowest BCUT2D eigenvalue weighted by atomic mass is 10.0. The Morgan fingerprint density at radius 1 is 1.08 bits per heavy atom. The highest BCUT2D eigenvalue weighted by Gasteiger charge is 2.15. The van der Waals surface area contributed by atoms with E-state index in [-0.39, 0.29) is 29.5 Å². The zero-order chi connectivity index (χ0) is 17.7. The number of aromatic hydroxyl groups is 2. The van der Waals surface area contributed by atoms with Crippen molar-refractivity contribution in [3.05, 3.63) is 53.1 Å². The van der Waals surface area contributed by atoms with Gasteiger partial charge in [-0.1, -0.05) is 39.3 Å². The van der Waals surface area contributed by atoms with Gasteiger partial charge in [-0.3, -0.25) is 4.79 Å². The topological polar surface area (TPSA) is 66.8 Å². The van der Waals surface area contributed by atoms with Crippen LogP contribution in [0.4, 0.5) is 0 Å². The SMILES string of the molecule is CCCc1cc(C(=O)COc2ccc(C(C)C)cc2)c(O)cc1O. The molecule has 2 rings (SSSR count). The van der Waals surface area contributed by atoms with Gasteiger partial charge in [0.15, 0.2) is 6.61 Å². The molecular weight excluding hydrogens is 304 g/mol. The van der Waals surface area contributed by atoms with Gasteiger partial charge in [-0.05, 0) is 41.7 Å². The van der Waals surface area contributed by atoms with Gasteiger partial charge in [0.2, 0.25) is 5.78 Å². The average molecular weight is 328 g/mol. The number of hydrogen-bond donors (Lipinski definition) is 2. The number of benzene rings is 2. The molecule has 0 unspecified atom stereocenters. The second kappa shape index (κ2) is 7.86. The molecule has 0 aliphatic rings. The highest BCUT2D eigenvalue weighted by molar-refractivity contribution is 6.00. The summed E-state index contributed by atoms with van der Waals surface area (Å²) in [5.74, 6) is 0.511. The minimum atomic E-state index is -0.321. The minimum absolute atomic E-state index is 0.0103. The molecule has 4 heteroatoms. The molecule has 0 fully saturated rings. The van der Waals surface area contributed by atoms with Crippen LogP contribution in [-0.2, 0) is 6.42 Å². The monoisotopic (exact) mass is 328 g/mol. The highest BCUT2D eigenvalue weighted by Crippen LogP contribution is 2.29. The van der Waals surface area contributed by atoms with E-state index >= 15 is 0 Å². The van der Waals surface area contributed by atoms with Crippen molar-refractivity contribution < 1.29 is 19.7 Å². The predicted molar refractivity (Wildman–Crippen MR) is 94.1 cm³/mol. The molecule has 128 valence electrons. The van der Waals surface area contributed by atoms with Gasteiger partial charge in [0.1, 0.15) is 17.2 Å². The molecule has 0 aliphatic carbocycles. The van der Waals surface area contributed by atoms with Crippen LogP contribution >= 0.6 is 0 Å². The van der Waals surface area contributed by atoms with Gasteiger partial charge >= 0.3 is 0 Å². The molecule has 2 N–H and O–H groups in total. The third-order valence-electron chi connectivity index (χ3n) is 3.93. The summed E-state index contributed by atoms with van der Waals surface area (Å²) in [4.78, 5) is 12.3. The lowest BCUT2D eigenvalue weighted by Gasteiger charge is -2.11. The van der Waals surface area contributed by atoms with E-state index in [0.29, 0.717) is 23.7 Å². The molecule has 24 heavy (non-hydrogen) atoms. The van der Waals surface area contributed by atoms with Crippen LogP contribution in [-0.4, -0.2) is 22.6 Å². The second-order valence-corrected chi connectivity index (χ2v) is 6.18. The maximum Gasteiger partial charge on any atom is 0.203 e. The number of hydrogen-bond acceptors (Lipinski definition) is 4. The van der Waals surface area contributed by atoms with Crippen LogP contribution in [0.25, 0.3) is 0 Å². The summed E-state index contributed by atoms with van der Waals surface area (Å²) >= 11 is 0. The Hall–Kier alpha value is -2.49. The van der Waals surface area contributed by atoms with Crippen LogP contribution in [0.3, 0.4) is 0 Å². The van der Waals surface area contributed by atoms with Crippen molar-refractivity contribution in [3.63, 3.8) is 0 Å². The molecule has 4 nitrogen and oxygen atoms in total. The predicted octanol–water partition coefficient (Wildman–Crippen LogP) is 4.44. The molecule has 0 saturated heterocycles. The van der Waals surface area contributed by atoms with Crippen molar-refractivity contribution in [3.8, 4) is 17.2 Å². The number of aryl methyl sites for hydroxylation is 1. The van der Waals surface area contributed by atoms with E-state index < -0.39 is 0 Å². The van der Waals surface area contributed by atoms with Crippen molar-refractivity contribution >= 4 is 5.78 Å². The number of ketones is 1. The first kappa shape index (κ1) is 17.9. The maximum absolute atomic E-state index is 12.3. The van der Waals surface area contributed by atoms with Gasteiger partial charge in [-0.2, -0.15) is 0 Å². The van der Waals surface area contributed by atoms with Crippen LogP contribution in [0.2, 0.25) is 0 Å². The lowest BCUT2D eigenvalue weighted by molar-refractivity contribution is 0.0918. The molecule has 0 heterocycles. The Kier molecular flexibility index (Phi) is 5.85. The van der Waals surface area contributed by atoms with Gasteiger partial charge in [0, 0.05) is 6.07 Å². The first-order valence-corrected chi connectivity index (χ1v) is 8.23. The lowest BCUT2D eigenvalue weighted by Crippen LogP contribution is -2.12. The van der Waals surface area contributed by atoms with Gasteiger partial charge in [0.05, 0.1) is 5.56 Å². The van der Waals surface area contributed by atoms with Gasteiger partial charge in [-0.25, -0.2) is 0 Å². The zero-order valence-electron chi connectivity index (χ0n) is 14.4. The van der Waals surface area contributed by atoms with Crippen LogP contribution in [0.15, 0.2) is 36.4 Å². The summed E-state index contributed by atoms with van der Waals surface area (Å²) < 4.78 is 5.52. The van der Waals surface area contributed by atoms with E-state index in [1.54, 1.807) is 6.07 Å². The maximum atomic E-state index is 12.3. The molecule has 0 saturated carbocycles. The fourth-order valence-electron chi connectivity index (χ4n) is 2.49. The number of carbonyl (C=O) groups is 1. The second-order valence-electron chi connectivity index (χ2n) is 6.18. The van der Waals surface area contributed by atoms with E-state index in [0.717, 1.165) is 6.42 Å². The normalized spacial score (nSPS) is 10.8. The summed E-state index contributed by atoms with van der Waals surface area (Å²) in [7, 11) is 0.